The van der Waals surface area contributed by atoms with E-state index in [0.29, 0.717) is 12.6 Å². The molecule has 2 fully saturated rings. The van der Waals surface area contributed by atoms with Gasteiger partial charge in [0.2, 0.25) is 0 Å². The molecule has 2 atom stereocenters. The lowest BCUT2D eigenvalue weighted by Crippen LogP contribution is -2.44. The third-order valence-electron chi connectivity index (χ3n) is 4.74. The molecule has 2 saturated heterocycles. The maximum atomic E-state index is 5.74. The summed E-state index contributed by atoms with van der Waals surface area (Å²) in [6.45, 7) is 7.73. The number of rotatable bonds is 6. The first-order valence-electron chi connectivity index (χ1n) is 8.17. The van der Waals surface area contributed by atoms with E-state index in [-0.39, 0.29) is 0 Å². The van der Waals surface area contributed by atoms with Gasteiger partial charge in [0.25, 0.3) is 0 Å². The molecule has 0 spiro atoms. The number of benzene rings is 1. The molecule has 3 rings (SSSR count). The molecule has 3 heteroatoms. The van der Waals surface area contributed by atoms with Crippen LogP contribution in [0.4, 0.5) is 0 Å². The van der Waals surface area contributed by atoms with Gasteiger partial charge in [-0.05, 0) is 31.9 Å². The monoisotopic (exact) mass is 286 g/mol. The summed E-state index contributed by atoms with van der Waals surface area (Å²) in [5, 5.41) is 3.77. The average molecular weight is 286 g/mol. The van der Waals surface area contributed by atoms with Gasteiger partial charge in [0.1, 0.15) is 12.4 Å². The summed E-state index contributed by atoms with van der Waals surface area (Å²) in [6.07, 6.45) is 7.19. The van der Waals surface area contributed by atoms with E-state index in [0.717, 1.165) is 18.3 Å². The maximum absolute atomic E-state index is 5.74. The molecule has 0 aliphatic carbocycles. The van der Waals surface area contributed by atoms with Gasteiger partial charge < -0.3 is 10.1 Å². The van der Waals surface area contributed by atoms with Gasteiger partial charge in [0.15, 0.2) is 0 Å². The molecule has 1 N–H and O–H groups in total. The van der Waals surface area contributed by atoms with Gasteiger partial charge in [-0.25, -0.2) is 0 Å². The zero-order valence-electron chi connectivity index (χ0n) is 12.8. The minimum Gasteiger partial charge on any atom is -0.489 e. The van der Waals surface area contributed by atoms with E-state index in [4.69, 9.17) is 4.74 Å². The summed E-state index contributed by atoms with van der Waals surface area (Å²) in [6, 6.07) is 9.69. The molecule has 1 aromatic rings. The summed E-state index contributed by atoms with van der Waals surface area (Å²) in [5.74, 6) is 0.975. The summed E-state index contributed by atoms with van der Waals surface area (Å²) in [7, 11) is 0. The van der Waals surface area contributed by atoms with Gasteiger partial charge in [0, 0.05) is 30.7 Å². The van der Waals surface area contributed by atoms with Crippen molar-refractivity contribution < 1.29 is 4.74 Å². The Labute approximate surface area is 128 Å². The van der Waals surface area contributed by atoms with E-state index in [1.165, 1.54) is 44.3 Å². The first kappa shape index (κ1) is 14.6. The SMILES string of the molecule is C=CCOc1ccccc1CNC1CCN2CCCCC12. The third-order valence-corrected chi connectivity index (χ3v) is 4.74. The van der Waals surface area contributed by atoms with Crippen LogP contribution in [0.15, 0.2) is 36.9 Å². The molecule has 2 aliphatic heterocycles. The number of para-hydroxylation sites is 1. The Balaban J connectivity index is 1.58. The summed E-state index contributed by atoms with van der Waals surface area (Å²) in [5.41, 5.74) is 1.24. The fourth-order valence-corrected chi connectivity index (χ4v) is 3.67. The predicted molar refractivity (Wildman–Crippen MR) is 86.6 cm³/mol. The molecule has 0 saturated carbocycles. The van der Waals surface area contributed by atoms with Crippen LogP contribution in [-0.4, -0.2) is 36.7 Å². The Bertz CT molecular complexity index is 474. The molecule has 2 heterocycles. The summed E-state index contributed by atoms with van der Waals surface area (Å²) < 4.78 is 5.74. The first-order chi connectivity index (χ1) is 10.4. The maximum Gasteiger partial charge on any atom is 0.124 e. The minimum absolute atomic E-state index is 0.566. The first-order valence-corrected chi connectivity index (χ1v) is 8.17. The number of nitrogens with zero attached hydrogens (tertiary/aromatic N) is 1. The largest absolute Gasteiger partial charge is 0.489 e. The van der Waals surface area contributed by atoms with Gasteiger partial charge in [-0.15, -0.1) is 0 Å². The summed E-state index contributed by atoms with van der Waals surface area (Å²) >= 11 is 0. The van der Waals surface area contributed by atoms with E-state index >= 15 is 0 Å². The lowest BCUT2D eigenvalue weighted by molar-refractivity contribution is 0.180. The molecule has 2 aliphatic rings. The van der Waals surface area contributed by atoms with E-state index in [1.807, 2.05) is 12.1 Å². The number of piperidine rings is 1. The van der Waals surface area contributed by atoms with Crippen molar-refractivity contribution in [3.05, 3.63) is 42.5 Å². The van der Waals surface area contributed by atoms with Crippen molar-refractivity contribution in [3.8, 4) is 5.75 Å². The third kappa shape index (κ3) is 3.47. The number of nitrogens with one attached hydrogen (secondary N) is 1. The smallest absolute Gasteiger partial charge is 0.124 e. The van der Waals surface area contributed by atoms with Crippen molar-refractivity contribution in [3.63, 3.8) is 0 Å². The van der Waals surface area contributed by atoms with E-state index in [9.17, 15) is 0 Å². The van der Waals surface area contributed by atoms with Crippen molar-refractivity contribution in [1.29, 1.82) is 0 Å². The molecular formula is C18H26N2O. The molecule has 1 aromatic carbocycles. The number of fused-ring (bicyclic) bond motifs is 1. The van der Waals surface area contributed by atoms with Crippen LogP contribution >= 0.6 is 0 Å². The fourth-order valence-electron chi connectivity index (χ4n) is 3.67. The average Bonchev–Trinajstić information content (AvgIpc) is 2.95. The zero-order chi connectivity index (χ0) is 14.5. The minimum atomic E-state index is 0.566. The molecule has 0 amide bonds. The van der Waals surface area contributed by atoms with Crippen molar-refractivity contribution in [2.45, 2.75) is 44.3 Å². The number of hydrogen-bond acceptors (Lipinski definition) is 3. The highest BCUT2D eigenvalue weighted by molar-refractivity contribution is 5.33. The van der Waals surface area contributed by atoms with Gasteiger partial charge in [0.05, 0.1) is 0 Å². The molecule has 0 bridgehead atoms. The molecule has 21 heavy (non-hydrogen) atoms. The number of hydrogen-bond donors (Lipinski definition) is 1. The van der Waals surface area contributed by atoms with Crippen LogP contribution in [0.1, 0.15) is 31.2 Å². The normalized spacial score (nSPS) is 25.5. The van der Waals surface area contributed by atoms with Crippen molar-refractivity contribution in [1.82, 2.24) is 10.2 Å². The highest BCUT2D eigenvalue weighted by atomic mass is 16.5. The lowest BCUT2D eigenvalue weighted by Gasteiger charge is -2.32. The van der Waals surface area contributed by atoms with Gasteiger partial charge in [-0.1, -0.05) is 37.3 Å². The molecule has 0 aromatic heterocycles. The van der Waals surface area contributed by atoms with E-state index in [1.54, 1.807) is 6.08 Å². The second-order valence-corrected chi connectivity index (χ2v) is 6.08. The highest BCUT2D eigenvalue weighted by Gasteiger charge is 2.34. The topological polar surface area (TPSA) is 24.5 Å². The molecule has 0 radical (unpaired) electrons. The highest BCUT2D eigenvalue weighted by Crippen LogP contribution is 2.28. The standard InChI is InChI=1S/C18H26N2O/c1-2-13-21-18-9-4-3-7-15(18)14-19-16-10-12-20-11-6-5-8-17(16)20/h2-4,7,9,16-17,19H,1,5-6,8,10-14H2. The quantitative estimate of drug-likeness (QED) is 0.814. The van der Waals surface area contributed by atoms with Crippen molar-refractivity contribution in [2.24, 2.45) is 0 Å². The molecule has 3 nitrogen and oxygen atoms in total. The van der Waals surface area contributed by atoms with Gasteiger partial charge in [-0.2, -0.15) is 0 Å². The zero-order valence-corrected chi connectivity index (χ0v) is 12.8. The predicted octanol–water partition coefficient (Wildman–Crippen LogP) is 2.97. The Morgan fingerprint density at radius 3 is 3.05 bits per heavy atom. The molecule has 114 valence electrons. The van der Waals surface area contributed by atoms with Crippen LogP contribution in [0.5, 0.6) is 5.75 Å². The van der Waals surface area contributed by atoms with Gasteiger partial charge >= 0.3 is 0 Å². The Kier molecular flexibility index (Phi) is 4.94. The van der Waals surface area contributed by atoms with Crippen molar-refractivity contribution >= 4 is 0 Å². The number of ether oxygens (including phenoxy) is 1. The lowest BCUT2D eigenvalue weighted by atomic mass is 9.99. The van der Waals surface area contributed by atoms with Gasteiger partial charge in [-0.3, -0.25) is 4.90 Å². The van der Waals surface area contributed by atoms with E-state index < -0.39 is 0 Å². The fraction of sp³-hybridized carbons (Fsp3) is 0.556. The Morgan fingerprint density at radius 2 is 2.14 bits per heavy atom. The van der Waals surface area contributed by atoms with Crippen LogP contribution in [0.3, 0.4) is 0 Å². The van der Waals surface area contributed by atoms with Crippen LogP contribution in [0, 0.1) is 0 Å². The van der Waals surface area contributed by atoms with Crippen molar-refractivity contribution in [2.75, 3.05) is 19.7 Å². The molecular weight excluding hydrogens is 260 g/mol. The summed E-state index contributed by atoms with van der Waals surface area (Å²) in [4.78, 5) is 2.67. The Morgan fingerprint density at radius 1 is 1.24 bits per heavy atom. The second-order valence-electron chi connectivity index (χ2n) is 6.08. The van der Waals surface area contributed by atoms with Crippen LogP contribution in [-0.2, 0) is 6.54 Å². The van der Waals surface area contributed by atoms with Crippen LogP contribution < -0.4 is 10.1 Å². The molecule has 2 unspecified atom stereocenters. The van der Waals surface area contributed by atoms with Crippen LogP contribution in [0.2, 0.25) is 0 Å². The Hall–Kier alpha value is -1.32. The second kappa shape index (κ2) is 7.10. The van der Waals surface area contributed by atoms with Crippen LogP contribution in [0.25, 0.3) is 0 Å². The van der Waals surface area contributed by atoms with E-state index in [2.05, 4.69) is 28.9 Å².